The van der Waals surface area contributed by atoms with Gasteiger partial charge < -0.3 is 80.5 Å². The van der Waals surface area contributed by atoms with Crippen molar-refractivity contribution in [2.24, 2.45) is 13.0 Å². The number of ether oxygens (including phenoxy) is 4. The van der Waals surface area contributed by atoms with E-state index in [1.807, 2.05) is 0 Å². The van der Waals surface area contributed by atoms with Gasteiger partial charge >= 0.3 is 36.6 Å². The number of nitrogen functional groups attached to an aromatic ring is 3. The summed E-state index contributed by atoms with van der Waals surface area (Å²) >= 11 is 0. The molecule has 0 radical (unpaired) electrons. The summed E-state index contributed by atoms with van der Waals surface area (Å²) in [4.78, 5) is 101. The van der Waals surface area contributed by atoms with Gasteiger partial charge in [-0.2, -0.15) is 9.29 Å². The molecule has 0 amide bonds. The number of H-pyrrole nitrogens is 2. The van der Waals surface area contributed by atoms with Crippen molar-refractivity contribution in [2.45, 2.75) is 73.5 Å². The van der Waals surface area contributed by atoms with E-state index in [0.29, 0.717) is 6.54 Å². The topological polar surface area (TPSA) is 539 Å². The highest BCUT2D eigenvalue weighted by Gasteiger charge is 2.58. The maximum atomic E-state index is 14.5. The predicted molar refractivity (Wildman–Crippen MR) is 261 cm³/mol. The number of phosphoric acid groups is 1. The van der Waals surface area contributed by atoms with Crippen molar-refractivity contribution in [3.8, 4) is 0 Å². The van der Waals surface area contributed by atoms with Gasteiger partial charge in [-0.3, -0.25) is 46.9 Å². The molecule has 0 aromatic carbocycles. The molecule has 9 heterocycles. The molecule has 428 valence electrons. The van der Waals surface area contributed by atoms with E-state index in [9.17, 15) is 62.7 Å². The molecule has 16 atom stereocenters. The predicted octanol–water partition coefficient (Wildman–Crippen LogP) is -3.86. The van der Waals surface area contributed by atoms with Crippen LogP contribution in [0.25, 0.3) is 33.5 Å². The fraction of sp³-hybridized carbons (Fsp3) is 0.583. The van der Waals surface area contributed by atoms with Gasteiger partial charge in [-0.15, -0.1) is 4.86 Å². The Balaban J connectivity index is 0.892. The highest BCUT2D eigenvalue weighted by atomic mass is 31.3. The van der Waals surface area contributed by atoms with Gasteiger partial charge in [0.1, 0.15) is 54.1 Å². The van der Waals surface area contributed by atoms with E-state index in [2.05, 4.69) is 44.2 Å². The van der Waals surface area contributed by atoms with Crippen molar-refractivity contribution >= 4 is 82.1 Å². The van der Waals surface area contributed by atoms with Crippen LogP contribution in [0, 0.1) is 5.92 Å². The first-order valence-electron chi connectivity index (χ1n) is 22.9. The number of phosphoric ester groups is 1. The lowest BCUT2D eigenvalue weighted by Crippen LogP contribution is -2.45. The van der Waals surface area contributed by atoms with Crippen LogP contribution in [-0.2, 0) is 62.1 Å². The summed E-state index contributed by atoms with van der Waals surface area (Å²) in [6, 6.07) is 0. The van der Waals surface area contributed by atoms with Gasteiger partial charge in [0.05, 0.1) is 45.6 Å². The van der Waals surface area contributed by atoms with Gasteiger partial charge in [-0.05, 0) is 27.1 Å². The number of hydrogen-bond donors (Lipinski definition) is 13. The Bertz CT molecular complexity index is 3540. The molecule has 0 aliphatic carbocycles. The Morgan fingerprint density at radius 1 is 0.769 bits per heavy atom. The van der Waals surface area contributed by atoms with Crippen molar-refractivity contribution < 1.29 is 94.5 Å². The zero-order valence-corrected chi connectivity index (χ0v) is 44.6. The standard InChI is InChI=1S/C36H53N17O21P4/c1-49(2)6-5-14-15(71-32(21(14)54)53-13-50(3)20-29(53)45-36(39)47-31(20)58)7-70-78(65,66)74-77(63,64)48-76(61,62)69-9-17-25(24(67-4)34(73-17)51-11-42-18-26(37)40-10-41-27(18)51)75(59,60)68-8-16-22(55)23(56)33(72-16)52-12-43-19-28(52)44-35(38)46-30(19)57/h10-17,21-25,32-34,54-56H,5-9H2,1-4H3,(H12-,37,38,39,40,41,44,45,46,47,48,57,58,59,60,61,62,63,64,65,66)/p+1/t14-,15-,16-,17?,21-,22-,23-,24-,25-,32?,33-,34-/m1/s1. The number of nitrogens with two attached hydrogens (primary N) is 3. The third kappa shape index (κ3) is 11.5. The van der Waals surface area contributed by atoms with E-state index < -0.39 is 135 Å². The first kappa shape index (κ1) is 57.6. The summed E-state index contributed by atoms with van der Waals surface area (Å²) in [7, 11) is -16.6. The second-order valence-electron chi connectivity index (χ2n) is 18.4. The molecule has 3 aliphatic rings. The molecule has 0 saturated carbocycles. The number of aliphatic hydroxyl groups excluding tert-OH is 3. The van der Waals surface area contributed by atoms with Gasteiger partial charge in [0.25, 0.3) is 17.1 Å². The highest BCUT2D eigenvalue weighted by molar-refractivity contribution is 7.71. The van der Waals surface area contributed by atoms with Crippen molar-refractivity contribution in [2.75, 3.05) is 64.8 Å². The van der Waals surface area contributed by atoms with E-state index >= 15 is 0 Å². The molecule has 0 bridgehead atoms. The summed E-state index contributed by atoms with van der Waals surface area (Å²) in [5, 5.41) is 33.5. The number of aromatic nitrogens is 12. The largest absolute Gasteiger partial charge is 0.480 e. The fourth-order valence-corrected chi connectivity index (χ4v) is 15.1. The molecule has 6 aromatic heterocycles. The summed E-state index contributed by atoms with van der Waals surface area (Å²) in [5.74, 6) is -1.48. The number of hydrogen-bond acceptors (Lipinski definition) is 27. The summed E-state index contributed by atoms with van der Waals surface area (Å²) < 4.78 is 103. The van der Waals surface area contributed by atoms with Gasteiger partial charge in [0.2, 0.25) is 17.7 Å². The first-order chi connectivity index (χ1) is 36.6. The molecule has 16 N–H and O–H groups in total. The van der Waals surface area contributed by atoms with E-state index in [1.165, 1.54) is 31.9 Å². The van der Waals surface area contributed by atoms with Gasteiger partial charge in [-0.1, -0.05) is 4.98 Å². The highest BCUT2D eigenvalue weighted by Crippen LogP contribution is 2.63. The smallest absolute Gasteiger partial charge is 0.387 e. The molecule has 42 heteroatoms. The summed E-state index contributed by atoms with van der Waals surface area (Å²) in [5.41, 5.74) is 14.0. The van der Waals surface area contributed by atoms with Crippen LogP contribution >= 0.6 is 30.9 Å². The molecular formula is C36H54N17O21P4+. The van der Waals surface area contributed by atoms with E-state index in [1.54, 1.807) is 19.0 Å². The number of aromatic amines is 2. The molecule has 3 fully saturated rings. The lowest BCUT2D eigenvalue weighted by molar-refractivity contribution is -0.745. The molecule has 6 aromatic rings. The van der Waals surface area contributed by atoms with Crippen LogP contribution < -0.4 is 37.7 Å². The van der Waals surface area contributed by atoms with Crippen molar-refractivity contribution in [1.82, 2.24) is 63.3 Å². The quantitative estimate of drug-likeness (QED) is 0.0242. The SMILES string of the molecule is CO[C@H]1[C@H](n2cnc3c(N)ncnc32)OC(COP(=O)(O)NP(=O)(O)OP(=O)(O)OC[C@H]2OC([n+]3cn(C)c4c(=O)[nH]c(N)nc43)[C@H](O)[C@@H]2CCN(C)C)[C@H]1P(=O)(O)OC[C@H]1O[C@@H](n2cnc3c(=O)[nH]c(N)nc32)[C@H](O)[C@@H]1O. The normalized spacial score (nSPS) is 29.8. The Hall–Kier alpha value is -5.11. The minimum atomic E-state index is -5.94. The van der Waals surface area contributed by atoms with Crippen molar-refractivity contribution in [3.05, 3.63) is 46.0 Å². The number of methoxy groups -OCH3 is 1. The van der Waals surface area contributed by atoms with Crippen molar-refractivity contribution in [1.29, 1.82) is 0 Å². The number of rotatable bonds is 21. The molecule has 3 aliphatic heterocycles. The Morgan fingerprint density at radius 3 is 2.12 bits per heavy atom. The second kappa shape index (κ2) is 21.7. The summed E-state index contributed by atoms with van der Waals surface area (Å²) in [6.45, 7) is -2.68. The number of anilines is 3. The minimum absolute atomic E-state index is 0.0174. The van der Waals surface area contributed by atoms with E-state index in [-0.39, 0.29) is 57.6 Å². The molecular weight excluding hydrogens is 1130 g/mol. The Morgan fingerprint density at radius 2 is 1.41 bits per heavy atom. The third-order valence-corrected chi connectivity index (χ3v) is 19.5. The summed E-state index contributed by atoms with van der Waals surface area (Å²) in [6.07, 6.45) is -10.5. The molecule has 78 heavy (non-hydrogen) atoms. The Labute approximate surface area is 436 Å². The second-order valence-corrected chi connectivity index (χ2v) is 25.3. The first-order valence-corrected chi connectivity index (χ1v) is 29.2. The number of aryl methyl sites for hydroxylation is 1. The Kier molecular flexibility index (Phi) is 16.1. The lowest BCUT2D eigenvalue weighted by atomic mass is 9.94. The average molecular weight is 1180 g/mol. The van der Waals surface area contributed by atoms with Crippen LogP contribution in [0.4, 0.5) is 17.7 Å². The molecule has 6 unspecified atom stereocenters. The van der Waals surface area contributed by atoms with Gasteiger partial charge in [0, 0.05) is 13.0 Å². The number of nitrogens with one attached hydrogen (secondary N) is 3. The monoisotopic (exact) mass is 1180 g/mol. The van der Waals surface area contributed by atoms with Crippen LogP contribution in [0.1, 0.15) is 25.1 Å². The minimum Gasteiger partial charge on any atom is -0.387 e. The van der Waals surface area contributed by atoms with E-state index in [4.69, 9.17) is 49.7 Å². The van der Waals surface area contributed by atoms with Gasteiger partial charge in [0.15, 0.2) is 41.4 Å². The van der Waals surface area contributed by atoms with Crippen LogP contribution in [0.2, 0.25) is 0 Å². The maximum Gasteiger partial charge on any atom is 0.480 e. The van der Waals surface area contributed by atoms with E-state index in [0.717, 1.165) is 30.7 Å². The third-order valence-electron chi connectivity index (χ3n) is 12.9. The van der Waals surface area contributed by atoms with Crippen LogP contribution in [0.15, 0.2) is 34.9 Å². The zero-order chi connectivity index (χ0) is 56.6. The average Bonchev–Trinajstić information content (AvgIpc) is 4.37. The molecule has 3 saturated heterocycles. The molecule has 9 rings (SSSR count). The zero-order valence-electron chi connectivity index (χ0n) is 41.1. The number of imidazole rings is 3. The van der Waals surface area contributed by atoms with Crippen molar-refractivity contribution in [3.63, 3.8) is 0 Å². The number of fused-ring (bicyclic) bond motifs is 3. The maximum absolute atomic E-state index is 14.5. The molecule has 38 nitrogen and oxygen atoms in total. The van der Waals surface area contributed by atoms with Crippen LogP contribution in [-0.4, -0.2) is 189 Å². The number of nitrogens with zero attached hydrogens (tertiary/aromatic N) is 11. The van der Waals surface area contributed by atoms with Crippen LogP contribution in [0.3, 0.4) is 0 Å². The van der Waals surface area contributed by atoms with Crippen LogP contribution in [0.5, 0.6) is 0 Å². The lowest BCUT2D eigenvalue weighted by Gasteiger charge is -2.28. The number of aliphatic hydroxyl groups is 3. The molecule has 0 spiro atoms. The fourth-order valence-electron chi connectivity index (χ4n) is 9.40. The van der Waals surface area contributed by atoms with Gasteiger partial charge in [-0.25, -0.2) is 38.2 Å².